The van der Waals surface area contributed by atoms with Crippen LogP contribution in [0.1, 0.15) is 5.56 Å². The molecule has 0 aliphatic carbocycles. The highest BCUT2D eigenvalue weighted by Gasteiger charge is 2.17. The van der Waals surface area contributed by atoms with Gasteiger partial charge in [-0.05, 0) is 35.9 Å². The van der Waals surface area contributed by atoms with Crippen molar-refractivity contribution >= 4 is 33.8 Å². The number of rotatable bonds is 7. The Morgan fingerprint density at radius 2 is 1.91 bits per heavy atom. The van der Waals surface area contributed by atoms with Crippen molar-refractivity contribution in [3.8, 4) is 22.8 Å². The number of fused-ring (bicyclic) bond motifs is 1. The molecule has 1 aliphatic rings. The summed E-state index contributed by atoms with van der Waals surface area (Å²) in [6, 6.07) is 14.1. The van der Waals surface area contributed by atoms with Crippen molar-refractivity contribution in [2.45, 2.75) is 13.1 Å². The number of anilines is 1. The van der Waals surface area contributed by atoms with Crippen molar-refractivity contribution in [3.63, 3.8) is 0 Å². The molecule has 0 unspecified atom stereocenters. The molecule has 0 amide bonds. The van der Waals surface area contributed by atoms with Gasteiger partial charge in [0.2, 0.25) is 12.7 Å². The number of hydrogen-bond acceptors (Lipinski definition) is 7. The number of methoxy groups -OCH3 is 1. The van der Waals surface area contributed by atoms with Crippen LogP contribution in [0, 0.1) is 0 Å². The third kappa shape index (κ3) is 6.46. The van der Waals surface area contributed by atoms with E-state index in [4.69, 9.17) is 34.0 Å². The number of aromatic nitrogens is 2. The minimum Gasteiger partial charge on any atom is -0.473 e. The summed E-state index contributed by atoms with van der Waals surface area (Å²) < 4.78 is 19.4. The van der Waals surface area contributed by atoms with Gasteiger partial charge < -0.3 is 34.3 Å². The quantitative estimate of drug-likeness (QED) is 0.401. The molecule has 0 atom stereocenters. The zero-order valence-corrected chi connectivity index (χ0v) is 19.2. The van der Waals surface area contributed by atoms with Crippen LogP contribution in [0.4, 0.5) is 5.95 Å². The summed E-state index contributed by atoms with van der Waals surface area (Å²) in [7, 11) is 1.70. The molecular weight excluding hydrogens is 498 g/mol. The lowest BCUT2D eigenvalue weighted by atomic mass is 10.1. The molecule has 0 radical (unpaired) electrons. The molecule has 0 saturated heterocycles. The van der Waals surface area contributed by atoms with Crippen LogP contribution in [0.3, 0.4) is 0 Å². The summed E-state index contributed by atoms with van der Waals surface area (Å²) >= 11 is 3.51. The number of carboxylic acids is 2. The highest BCUT2D eigenvalue weighted by molar-refractivity contribution is 9.10. The molecule has 174 valence electrons. The Labute approximate surface area is 197 Å². The number of carboxylic acid groups (broad SMARTS) is 2. The molecule has 0 saturated carbocycles. The maximum Gasteiger partial charge on any atom is 0.414 e. The molecule has 11 heteroatoms. The number of hydrogen-bond donors (Lipinski definition) is 3. The first-order valence-electron chi connectivity index (χ1n) is 9.78. The van der Waals surface area contributed by atoms with Gasteiger partial charge in [0.05, 0.1) is 18.5 Å². The van der Waals surface area contributed by atoms with Gasteiger partial charge in [0, 0.05) is 30.2 Å². The van der Waals surface area contributed by atoms with Gasteiger partial charge in [0.1, 0.15) is 0 Å². The van der Waals surface area contributed by atoms with E-state index in [0.717, 1.165) is 33.2 Å². The number of carbonyl (C=O) groups is 2. The molecule has 1 aliphatic heterocycles. The van der Waals surface area contributed by atoms with Crippen LogP contribution in [-0.2, 0) is 27.4 Å². The molecule has 3 N–H and O–H groups in total. The lowest BCUT2D eigenvalue weighted by Gasteiger charge is -2.13. The Bertz CT molecular complexity index is 1120. The van der Waals surface area contributed by atoms with Crippen molar-refractivity contribution in [2.24, 2.45) is 0 Å². The predicted octanol–water partition coefficient (Wildman–Crippen LogP) is 3.46. The highest BCUT2D eigenvalue weighted by atomic mass is 79.9. The molecule has 2 heterocycles. The van der Waals surface area contributed by atoms with Crippen molar-refractivity contribution in [1.29, 1.82) is 0 Å². The van der Waals surface area contributed by atoms with E-state index in [-0.39, 0.29) is 6.79 Å². The van der Waals surface area contributed by atoms with Crippen molar-refractivity contribution in [2.75, 3.05) is 25.8 Å². The van der Waals surface area contributed by atoms with Crippen LogP contribution < -0.4 is 14.8 Å². The molecule has 2 aromatic carbocycles. The SMILES string of the molecule is COCCn1c(-c2ccc3c(c2)OCO3)cnc1NCc1cccc(Br)c1.O=C(O)C(=O)O. The molecular formula is C22H22BrN3O7. The van der Waals surface area contributed by atoms with Crippen molar-refractivity contribution < 1.29 is 34.0 Å². The van der Waals surface area contributed by atoms with Crippen LogP contribution in [0.25, 0.3) is 11.3 Å². The first kappa shape index (κ1) is 24.1. The van der Waals surface area contributed by atoms with Gasteiger partial charge >= 0.3 is 11.9 Å². The maximum atomic E-state index is 9.10. The second-order valence-electron chi connectivity index (χ2n) is 6.77. The number of benzene rings is 2. The lowest BCUT2D eigenvalue weighted by molar-refractivity contribution is -0.159. The first-order valence-corrected chi connectivity index (χ1v) is 10.6. The Morgan fingerprint density at radius 3 is 2.61 bits per heavy atom. The van der Waals surface area contributed by atoms with Gasteiger partial charge in [0.15, 0.2) is 11.5 Å². The van der Waals surface area contributed by atoms with Gasteiger partial charge in [-0.15, -0.1) is 0 Å². The third-order valence-electron chi connectivity index (χ3n) is 4.57. The number of nitrogens with zero attached hydrogens (tertiary/aromatic N) is 2. The molecule has 0 bridgehead atoms. The fourth-order valence-electron chi connectivity index (χ4n) is 3.04. The fourth-order valence-corrected chi connectivity index (χ4v) is 3.49. The highest BCUT2D eigenvalue weighted by Crippen LogP contribution is 2.36. The summed E-state index contributed by atoms with van der Waals surface area (Å²) in [5.41, 5.74) is 3.20. The van der Waals surface area contributed by atoms with Crippen LogP contribution >= 0.6 is 15.9 Å². The number of aliphatic carboxylic acids is 2. The van der Waals surface area contributed by atoms with Gasteiger partial charge in [-0.3, -0.25) is 0 Å². The van der Waals surface area contributed by atoms with E-state index < -0.39 is 11.9 Å². The van der Waals surface area contributed by atoms with E-state index in [9.17, 15) is 0 Å². The van der Waals surface area contributed by atoms with E-state index >= 15 is 0 Å². The number of nitrogens with one attached hydrogen (secondary N) is 1. The standard InChI is InChI=1S/C20H20BrN3O3.C2H2O4/c1-25-8-7-24-17(15-5-6-18-19(10-15)27-13-26-18)12-23-20(24)22-11-14-3-2-4-16(21)9-14;3-1(4)2(5)6/h2-6,9-10,12H,7-8,11,13H2,1H3,(H,22,23);(H,3,4)(H,5,6). The first-order chi connectivity index (χ1) is 15.9. The van der Waals surface area contributed by atoms with E-state index in [1.165, 1.54) is 5.56 Å². The molecule has 10 nitrogen and oxygen atoms in total. The third-order valence-corrected chi connectivity index (χ3v) is 5.06. The molecule has 4 rings (SSSR count). The second kappa shape index (κ2) is 11.3. The zero-order chi connectivity index (χ0) is 23.8. The normalized spacial score (nSPS) is 11.5. The summed E-state index contributed by atoms with van der Waals surface area (Å²) in [5, 5.41) is 18.2. The molecule has 0 spiro atoms. The predicted molar refractivity (Wildman–Crippen MR) is 122 cm³/mol. The van der Waals surface area contributed by atoms with Crippen LogP contribution in [0.5, 0.6) is 11.5 Å². The average molecular weight is 520 g/mol. The van der Waals surface area contributed by atoms with E-state index in [2.05, 4.69) is 42.9 Å². The molecule has 33 heavy (non-hydrogen) atoms. The van der Waals surface area contributed by atoms with E-state index in [1.807, 2.05) is 36.5 Å². The minimum atomic E-state index is -1.82. The second-order valence-corrected chi connectivity index (χ2v) is 7.69. The summed E-state index contributed by atoms with van der Waals surface area (Å²) in [4.78, 5) is 22.8. The average Bonchev–Trinajstić information content (AvgIpc) is 3.42. The number of halogens is 1. The maximum absolute atomic E-state index is 9.10. The van der Waals surface area contributed by atoms with E-state index in [0.29, 0.717) is 19.7 Å². The largest absolute Gasteiger partial charge is 0.473 e. The monoisotopic (exact) mass is 519 g/mol. The van der Waals surface area contributed by atoms with Crippen LogP contribution in [-0.4, -0.2) is 52.2 Å². The summed E-state index contributed by atoms with van der Waals surface area (Å²) in [6.07, 6.45) is 1.87. The van der Waals surface area contributed by atoms with Crippen LogP contribution in [0.2, 0.25) is 0 Å². The minimum absolute atomic E-state index is 0.265. The fraction of sp³-hybridized carbons (Fsp3) is 0.227. The van der Waals surface area contributed by atoms with Gasteiger partial charge in [-0.1, -0.05) is 28.1 Å². The molecule has 0 fully saturated rings. The summed E-state index contributed by atoms with van der Waals surface area (Å²) in [5.74, 6) is -1.31. The van der Waals surface area contributed by atoms with Crippen molar-refractivity contribution in [3.05, 3.63) is 58.7 Å². The molecule has 1 aromatic heterocycles. The van der Waals surface area contributed by atoms with Crippen molar-refractivity contribution in [1.82, 2.24) is 9.55 Å². The topological polar surface area (TPSA) is 132 Å². The van der Waals surface area contributed by atoms with Crippen LogP contribution in [0.15, 0.2) is 53.1 Å². The smallest absolute Gasteiger partial charge is 0.414 e. The summed E-state index contributed by atoms with van der Waals surface area (Å²) in [6.45, 7) is 2.24. The Balaban J connectivity index is 0.000000454. The number of ether oxygens (including phenoxy) is 3. The van der Waals surface area contributed by atoms with Gasteiger partial charge in [-0.25, -0.2) is 14.6 Å². The Kier molecular flexibility index (Phi) is 8.28. The van der Waals surface area contributed by atoms with Gasteiger partial charge in [0.25, 0.3) is 0 Å². The lowest BCUT2D eigenvalue weighted by Crippen LogP contribution is -2.11. The van der Waals surface area contributed by atoms with E-state index in [1.54, 1.807) is 7.11 Å². The zero-order valence-electron chi connectivity index (χ0n) is 17.7. The Morgan fingerprint density at radius 1 is 1.15 bits per heavy atom. The molecule has 3 aromatic rings. The number of imidazole rings is 1. The van der Waals surface area contributed by atoms with Gasteiger partial charge in [-0.2, -0.15) is 0 Å². The Hall–Kier alpha value is -3.57.